The lowest BCUT2D eigenvalue weighted by Gasteiger charge is -2.07. The summed E-state index contributed by atoms with van der Waals surface area (Å²) in [6.07, 6.45) is 2.43. The highest BCUT2D eigenvalue weighted by molar-refractivity contribution is 5.90. The molecular weight excluding hydrogens is 304 g/mol. The number of hydrogen-bond acceptors (Lipinski definition) is 4. The van der Waals surface area contributed by atoms with Gasteiger partial charge >= 0.3 is 6.03 Å². The summed E-state index contributed by atoms with van der Waals surface area (Å²) in [7, 11) is 1.90. The molecule has 7 nitrogen and oxygen atoms in total. The average molecular weight is 322 g/mol. The average Bonchev–Trinajstić information content (AvgIpc) is 3.36. The minimum absolute atomic E-state index is 0.311. The van der Waals surface area contributed by atoms with Gasteiger partial charge in [-0.05, 0) is 31.0 Å². The van der Waals surface area contributed by atoms with Crippen LogP contribution < -0.4 is 10.6 Å². The molecule has 7 heteroatoms. The first-order valence-corrected chi connectivity index (χ1v) is 7.99. The van der Waals surface area contributed by atoms with Crippen LogP contribution in [0.4, 0.5) is 10.6 Å². The van der Waals surface area contributed by atoms with Crippen molar-refractivity contribution >= 4 is 22.8 Å². The summed E-state index contributed by atoms with van der Waals surface area (Å²) in [5.41, 5.74) is 2.90. The van der Waals surface area contributed by atoms with Crippen LogP contribution in [-0.4, -0.2) is 26.0 Å². The van der Waals surface area contributed by atoms with Gasteiger partial charge in [-0.25, -0.2) is 4.79 Å². The molecule has 3 aromatic rings. The first-order valence-electron chi connectivity index (χ1n) is 7.99. The van der Waals surface area contributed by atoms with E-state index in [1.807, 2.05) is 36.0 Å². The molecule has 0 saturated heterocycles. The van der Waals surface area contributed by atoms with Crippen LogP contribution in [-0.2, 0) is 13.6 Å². The lowest BCUT2D eigenvalue weighted by molar-refractivity contribution is 0.251. The van der Waals surface area contributed by atoms with Crippen LogP contribution in [0.1, 0.15) is 30.1 Å². The number of urea groups is 1. The zero-order valence-corrected chi connectivity index (χ0v) is 13.4. The molecule has 1 aromatic carbocycles. The zero-order valence-electron chi connectivity index (χ0n) is 13.4. The van der Waals surface area contributed by atoms with Crippen LogP contribution in [0.2, 0.25) is 0 Å². The summed E-state index contributed by atoms with van der Waals surface area (Å²) in [6.45, 7) is 0.420. The molecule has 0 spiro atoms. The quantitative estimate of drug-likeness (QED) is 0.773. The number of carbonyl (C=O) groups is 1. The Balaban J connectivity index is 1.38. The maximum Gasteiger partial charge on any atom is 0.320 e. The fourth-order valence-corrected chi connectivity index (χ4v) is 2.65. The number of carbonyl (C=O) groups excluding carboxylic acids is 1. The Morgan fingerprint density at radius 2 is 2.08 bits per heavy atom. The van der Waals surface area contributed by atoms with E-state index in [-0.39, 0.29) is 6.03 Å². The summed E-state index contributed by atoms with van der Waals surface area (Å²) in [5, 5.41) is 19.1. The minimum atomic E-state index is -0.311. The van der Waals surface area contributed by atoms with Crippen molar-refractivity contribution in [1.82, 2.24) is 25.3 Å². The van der Waals surface area contributed by atoms with Gasteiger partial charge in [-0.2, -0.15) is 5.10 Å². The lowest BCUT2D eigenvalue weighted by Crippen LogP contribution is -2.29. The third-order valence-corrected chi connectivity index (χ3v) is 4.16. The Morgan fingerprint density at radius 1 is 1.25 bits per heavy atom. The van der Waals surface area contributed by atoms with E-state index in [1.54, 1.807) is 6.07 Å². The second kappa shape index (κ2) is 5.92. The van der Waals surface area contributed by atoms with Crippen molar-refractivity contribution in [2.24, 2.45) is 7.05 Å². The van der Waals surface area contributed by atoms with Crippen LogP contribution in [0.15, 0.2) is 36.4 Å². The first kappa shape index (κ1) is 14.6. The molecular formula is C17H18N6O. The van der Waals surface area contributed by atoms with Crippen LogP contribution in [0.5, 0.6) is 0 Å². The maximum absolute atomic E-state index is 12.1. The Morgan fingerprint density at radius 3 is 2.92 bits per heavy atom. The Bertz CT molecular complexity index is 899. The first-order chi connectivity index (χ1) is 11.7. The SMILES string of the molecule is Cn1nc(C2CC2)cc1CNC(=O)Nc1cc2ccccc2nn1. The van der Waals surface area contributed by atoms with Gasteiger partial charge in [0.2, 0.25) is 0 Å². The standard InChI is InChI=1S/C17H18N6O/c1-23-13(9-15(22-23)11-6-7-11)10-18-17(24)19-16-8-12-4-2-3-5-14(12)20-21-16/h2-5,8-9,11H,6-7,10H2,1H3,(H2,18,19,21,24). The molecule has 2 amide bonds. The van der Waals surface area contributed by atoms with Gasteiger partial charge in [-0.15, -0.1) is 10.2 Å². The zero-order chi connectivity index (χ0) is 16.5. The van der Waals surface area contributed by atoms with E-state index in [2.05, 4.69) is 32.0 Å². The van der Waals surface area contributed by atoms with Crippen molar-refractivity contribution in [3.05, 3.63) is 47.8 Å². The molecule has 1 aliphatic carbocycles. The monoisotopic (exact) mass is 322 g/mol. The van der Waals surface area contributed by atoms with E-state index >= 15 is 0 Å². The fraction of sp³-hybridized carbons (Fsp3) is 0.294. The van der Waals surface area contributed by atoms with E-state index in [0.29, 0.717) is 18.3 Å². The van der Waals surface area contributed by atoms with Crippen LogP contribution >= 0.6 is 0 Å². The number of nitrogens with one attached hydrogen (secondary N) is 2. The molecule has 0 radical (unpaired) electrons. The van der Waals surface area contributed by atoms with Crippen molar-refractivity contribution in [3.63, 3.8) is 0 Å². The van der Waals surface area contributed by atoms with Crippen molar-refractivity contribution in [3.8, 4) is 0 Å². The normalized spacial score (nSPS) is 13.9. The Hall–Kier alpha value is -2.96. The Kier molecular flexibility index (Phi) is 3.60. The van der Waals surface area contributed by atoms with E-state index < -0.39 is 0 Å². The van der Waals surface area contributed by atoms with Gasteiger partial charge in [-0.1, -0.05) is 18.2 Å². The summed E-state index contributed by atoms with van der Waals surface area (Å²) >= 11 is 0. The van der Waals surface area contributed by atoms with E-state index in [9.17, 15) is 4.79 Å². The second-order valence-electron chi connectivity index (χ2n) is 6.05. The molecule has 0 bridgehead atoms. The van der Waals surface area contributed by atoms with Gasteiger partial charge in [0.25, 0.3) is 0 Å². The lowest BCUT2D eigenvalue weighted by atomic mass is 10.2. The maximum atomic E-state index is 12.1. The number of nitrogens with zero attached hydrogens (tertiary/aromatic N) is 4. The summed E-state index contributed by atoms with van der Waals surface area (Å²) in [5.74, 6) is 1.03. The summed E-state index contributed by atoms with van der Waals surface area (Å²) in [6, 6.07) is 11.2. The highest BCUT2D eigenvalue weighted by atomic mass is 16.2. The third kappa shape index (κ3) is 3.05. The van der Waals surface area contributed by atoms with Gasteiger partial charge in [0, 0.05) is 18.4 Å². The molecule has 2 N–H and O–H groups in total. The molecule has 4 rings (SSSR count). The molecule has 24 heavy (non-hydrogen) atoms. The molecule has 1 aliphatic rings. The molecule has 122 valence electrons. The number of aryl methyl sites for hydroxylation is 1. The molecule has 0 aliphatic heterocycles. The van der Waals surface area contributed by atoms with Gasteiger partial charge < -0.3 is 5.32 Å². The second-order valence-corrected chi connectivity index (χ2v) is 6.05. The van der Waals surface area contributed by atoms with E-state index in [0.717, 1.165) is 22.3 Å². The minimum Gasteiger partial charge on any atom is -0.332 e. The number of anilines is 1. The summed E-state index contributed by atoms with van der Waals surface area (Å²) in [4.78, 5) is 12.1. The molecule has 0 atom stereocenters. The van der Waals surface area contributed by atoms with E-state index in [4.69, 9.17) is 0 Å². The number of fused-ring (bicyclic) bond motifs is 1. The van der Waals surface area contributed by atoms with Crippen LogP contribution in [0, 0.1) is 0 Å². The van der Waals surface area contributed by atoms with Gasteiger partial charge in [0.1, 0.15) is 0 Å². The Labute approximate surface area is 139 Å². The van der Waals surface area contributed by atoms with Crippen LogP contribution in [0.25, 0.3) is 10.9 Å². The highest BCUT2D eigenvalue weighted by Gasteiger charge is 2.26. The molecule has 1 fully saturated rings. The van der Waals surface area contributed by atoms with Crippen molar-refractivity contribution in [2.75, 3.05) is 5.32 Å². The van der Waals surface area contributed by atoms with Gasteiger partial charge in [0.05, 0.1) is 23.4 Å². The predicted molar refractivity (Wildman–Crippen MR) is 90.6 cm³/mol. The van der Waals surface area contributed by atoms with Crippen molar-refractivity contribution < 1.29 is 4.79 Å². The van der Waals surface area contributed by atoms with Crippen LogP contribution in [0.3, 0.4) is 0 Å². The molecule has 0 unspecified atom stereocenters. The number of amides is 2. The molecule has 2 aromatic heterocycles. The fourth-order valence-electron chi connectivity index (χ4n) is 2.65. The predicted octanol–water partition coefficient (Wildman–Crippen LogP) is 2.56. The molecule has 2 heterocycles. The topological polar surface area (TPSA) is 84.7 Å². The van der Waals surface area contributed by atoms with Crippen molar-refractivity contribution in [2.45, 2.75) is 25.3 Å². The van der Waals surface area contributed by atoms with Crippen molar-refractivity contribution in [1.29, 1.82) is 0 Å². The smallest absolute Gasteiger partial charge is 0.320 e. The van der Waals surface area contributed by atoms with Gasteiger partial charge in [-0.3, -0.25) is 10.00 Å². The highest BCUT2D eigenvalue weighted by Crippen LogP contribution is 2.39. The summed E-state index contributed by atoms with van der Waals surface area (Å²) < 4.78 is 1.82. The number of aromatic nitrogens is 4. The van der Waals surface area contributed by atoms with Gasteiger partial charge in [0.15, 0.2) is 5.82 Å². The number of hydrogen-bond donors (Lipinski definition) is 2. The molecule has 1 saturated carbocycles. The van der Waals surface area contributed by atoms with E-state index in [1.165, 1.54) is 12.8 Å². The number of benzene rings is 1. The third-order valence-electron chi connectivity index (χ3n) is 4.16. The largest absolute Gasteiger partial charge is 0.332 e. The number of rotatable bonds is 4.